The molecule has 0 radical (unpaired) electrons. The Labute approximate surface area is 198 Å². The molecule has 5 heterocycles. The fourth-order valence-electron chi connectivity index (χ4n) is 6.76. The van der Waals surface area contributed by atoms with Crippen LogP contribution in [0.15, 0.2) is 24.3 Å². The van der Waals surface area contributed by atoms with Gasteiger partial charge in [-0.3, -0.25) is 14.5 Å². The van der Waals surface area contributed by atoms with Crippen LogP contribution in [0.2, 0.25) is 0 Å². The summed E-state index contributed by atoms with van der Waals surface area (Å²) in [4.78, 5) is 38.8. The Hall–Kier alpha value is -1.45. The summed E-state index contributed by atoms with van der Waals surface area (Å²) in [6.45, 7) is 6.83. The molecule has 0 unspecified atom stereocenters. The number of benzene rings is 1. The van der Waals surface area contributed by atoms with Gasteiger partial charge in [0.2, 0.25) is 5.79 Å². The molecule has 2 bridgehead atoms. The Morgan fingerprint density at radius 3 is 2.48 bits per heavy atom. The Morgan fingerprint density at radius 1 is 1.03 bits per heavy atom. The Morgan fingerprint density at radius 2 is 1.76 bits per heavy atom. The zero-order valence-electron chi connectivity index (χ0n) is 19.3. The number of nitrogens with zero attached hydrogens (tertiary/aromatic N) is 1. The molecule has 0 N–H and O–H groups in total. The summed E-state index contributed by atoms with van der Waals surface area (Å²) in [5.74, 6) is 0.798. The van der Waals surface area contributed by atoms with E-state index >= 15 is 0 Å². The zero-order valence-corrected chi connectivity index (χ0v) is 20.1. The van der Waals surface area contributed by atoms with Gasteiger partial charge in [0.25, 0.3) is 11.8 Å². The number of fused-ring (bicyclic) bond motifs is 3. The molecule has 1 aliphatic carbocycles. The maximum atomic E-state index is 12.7. The number of hydrogen-bond acceptors (Lipinski definition) is 7. The molecule has 4 saturated heterocycles. The fourth-order valence-corrected chi connectivity index (χ4v) is 7.96. The van der Waals surface area contributed by atoms with E-state index in [9.17, 15) is 9.59 Å². The molecule has 6 aliphatic rings. The number of imide groups is 1. The number of carbonyl (C=O) groups is 2. The van der Waals surface area contributed by atoms with Crippen LogP contribution in [0.1, 0.15) is 67.2 Å². The van der Waals surface area contributed by atoms with Gasteiger partial charge in [-0.1, -0.05) is 26.0 Å². The van der Waals surface area contributed by atoms with Crippen LogP contribution in [0.5, 0.6) is 0 Å². The summed E-state index contributed by atoms with van der Waals surface area (Å²) in [6.07, 6.45) is 3.56. The standard InChI is InChI=1S/C25H31NO6S/c1-14-8-9-19-15(2)22(29-23-25(19)18(14)10-11-24(3,30-23)31-32-25)33-13-12-26-20(27)16-6-4-5-7-17(16)21(26)28/h4-7,14-15,18-19,22-23H,8-13H2,1-3H3/t14-,15-,18+,19+,22-,23-,24-,25-/m1/s1. The van der Waals surface area contributed by atoms with Gasteiger partial charge in [-0.25, -0.2) is 9.78 Å². The SMILES string of the molecule is C[C@H]1[C@@H](SCCN2C(=O)c3ccccc3C2=O)O[C@@H]2O[C@@]3(C)CC[C@H]4[C@H](C)CC[C@@H]1[C@@]24OO3. The van der Waals surface area contributed by atoms with E-state index in [1.807, 2.05) is 6.92 Å². The van der Waals surface area contributed by atoms with Gasteiger partial charge in [0.1, 0.15) is 5.44 Å². The van der Waals surface area contributed by atoms with Crippen molar-refractivity contribution in [2.24, 2.45) is 23.7 Å². The summed E-state index contributed by atoms with van der Waals surface area (Å²) in [6, 6.07) is 7.02. The highest BCUT2D eigenvalue weighted by atomic mass is 32.2. The first-order valence-corrected chi connectivity index (χ1v) is 13.2. The highest BCUT2D eigenvalue weighted by molar-refractivity contribution is 7.99. The molecule has 1 spiro atoms. The number of carbonyl (C=O) groups excluding carboxylic acids is 2. The predicted octanol–water partition coefficient (Wildman–Crippen LogP) is 4.22. The zero-order chi connectivity index (χ0) is 23.0. The maximum Gasteiger partial charge on any atom is 0.261 e. The molecule has 1 aromatic carbocycles. The topological polar surface area (TPSA) is 74.3 Å². The number of ether oxygens (including phenoxy) is 2. The third kappa shape index (κ3) is 3.18. The molecular weight excluding hydrogens is 442 g/mol. The fraction of sp³-hybridized carbons (Fsp3) is 0.680. The van der Waals surface area contributed by atoms with Crippen LogP contribution in [0, 0.1) is 23.7 Å². The lowest BCUT2D eigenvalue weighted by Gasteiger charge is -2.60. The second kappa shape index (κ2) is 7.78. The van der Waals surface area contributed by atoms with E-state index in [-0.39, 0.29) is 29.1 Å². The van der Waals surface area contributed by atoms with Crippen LogP contribution in [-0.2, 0) is 19.2 Å². The molecular formula is C25H31NO6S. The first kappa shape index (κ1) is 22.0. The van der Waals surface area contributed by atoms with Crippen molar-refractivity contribution < 1.29 is 28.8 Å². The van der Waals surface area contributed by atoms with Gasteiger partial charge in [0.15, 0.2) is 11.9 Å². The van der Waals surface area contributed by atoms with Crippen molar-refractivity contribution in [2.45, 2.75) is 69.6 Å². The molecule has 7 nitrogen and oxygen atoms in total. The van der Waals surface area contributed by atoms with Crippen molar-refractivity contribution in [3.05, 3.63) is 35.4 Å². The van der Waals surface area contributed by atoms with E-state index < -0.39 is 17.7 Å². The van der Waals surface area contributed by atoms with Gasteiger partial charge in [0, 0.05) is 24.6 Å². The molecule has 5 fully saturated rings. The van der Waals surface area contributed by atoms with Crippen LogP contribution in [0.3, 0.4) is 0 Å². The van der Waals surface area contributed by atoms with Crippen LogP contribution in [0.25, 0.3) is 0 Å². The first-order chi connectivity index (χ1) is 15.8. The van der Waals surface area contributed by atoms with Gasteiger partial charge in [-0.2, -0.15) is 0 Å². The van der Waals surface area contributed by atoms with E-state index in [4.69, 9.17) is 19.2 Å². The molecule has 0 aromatic heterocycles. The number of amides is 2. The monoisotopic (exact) mass is 473 g/mol. The summed E-state index contributed by atoms with van der Waals surface area (Å²) in [7, 11) is 0. The van der Waals surface area contributed by atoms with Crippen molar-refractivity contribution in [3.8, 4) is 0 Å². The highest BCUT2D eigenvalue weighted by Crippen LogP contribution is 2.61. The van der Waals surface area contributed by atoms with E-state index in [0.29, 0.717) is 35.3 Å². The highest BCUT2D eigenvalue weighted by Gasteiger charge is 2.69. The molecule has 178 valence electrons. The van der Waals surface area contributed by atoms with Crippen LogP contribution in [0.4, 0.5) is 0 Å². The smallest absolute Gasteiger partial charge is 0.261 e. The van der Waals surface area contributed by atoms with Gasteiger partial charge < -0.3 is 9.47 Å². The van der Waals surface area contributed by atoms with Crippen LogP contribution >= 0.6 is 11.8 Å². The molecule has 1 saturated carbocycles. The Balaban J connectivity index is 1.18. The molecule has 5 aliphatic heterocycles. The predicted molar refractivity (Wildman–Crippen MR) is 121 cm³/mol. The second-order valence-electron chi connectivity index (χ2n) is 10.5. The molecule has 8 atom stereocenters. The number of rotatable bonds is 4. The van der Waals surface area contributed by atoms with E-state index in [1.54, 1.807) is 36.0 Å². The normalized spacial score (nSPS) is 43.9. The van der Waals surface area contributed by atoms with Gasteiger partial charge in [-0.05, 0) is 56.1 Å². The quantitative estimate of drug-likeness (QED) is 0.479. The van der Waals surface area contributed by atoms with E-state index in [1.165, 1.54) is 11.3 Å². The van der Waals surface area contributed by atoms with E-state index in [2.05, 4.69) is 13.8 Å². The maximum absolute atomic E-state index is 12.7. The van der Waals surface area contributed by atoms with Gasteiger partial charge >= 0.3 is 0 Å². The average molecular weight is 474 g/mol. The van der Waals surface area contributed by atoms with Crippen molar-refractivity contribution in [1.82, 2.24) is 4.90 Å². The lowest BCUT2D eigenvalue weighted by molar-refractivity contribution is -0.568. The Kier molecular flexibility index (Phi) is 5.20. The Bertz CT molecular complexity index is 952. The van der Waals surface area contributed by atoms with Crippen molar-refractivity contribution in [2.75, 3.05) is 12.3 Å². The third-order valence-corrected chi connectivity index (χ3v) is 9.86. The minimum atomic E-state index is -0.784. The third-order valence-electron chi connectivity index (χ3n) is 8.57. The molecule has 1 aromatic rings. The number of hydrogen-bond donors (Lipinski definition) is 0. The summed E-state index contributed by atoms with van der Waals surface area (Å²) in [5.41, 5.74) is 0.327. The van der Waals surface area contributed by atoms with E-state index in [0.717, 1.165) is 19.3 Å². The van der Waals surface area contributed by atoms with Gasteiger partial charge in [0.05, 0.1) is 11.1 Å². The van der Waals surface area contributed by atoms with Crippen LogP contribution in [-0.4, -0.2) is 52.1 Å². The second-order valence-corrected chi connectivity index (χ2v) is 11.7. The number of thioether (sulfide) groups is 1. The minimum absolute atomic E-state index is 0.0959. The molecule has 8 heteroatoms. The molecule has 2 amide bonds. The lowest BCUT2D eigenvalue weighted by atomic mass is 9.58. The lowest BCUT2D eigenvalue weighted by Crippen LogP contribution is -2.70. The van der Waals surface area contributed by atoms with Crippen LogP contribution < -0.4 is 0 Å². The largest absolute Gasteiger partial charge is 0.335 e. The molecule has 33 heavy (non-hydrogen) atoms. The summed E-state index contributed by atoms with van der Waals surface area (Å²) < 4.78 is 13.0. The van der Waals surface area contributed by atoms with Gasteiger partial charge in [-0.15, -0.1) is 11.8 Å². The average Bonchev–Trinajstić information content (AvgIpc) is 2.92. The molecule has 7 rings (SSSR count). The van der Waals surface area contributed by atoms with Crippen molar-refractivity contribution >= 4 is 23.6 Å². The van der Waals surface area contributed by atoms with Crippen molar-refractivity contribution in [3.63, 3.8) is 0 Å². The summed E-state index contributed by atoms with van der Waals surface area (Å²) >= 11 is 1.66. The minimum Gasteiger partial charge on any atom is -0.335 e. The first-order valence-electron chi connectivity index (χ1n) is 12.1. The summed E-state index contributed by atoms with van der Waals surface area (Å²) in [5, 5.41) is 0. The van der Waals surface area contributed by atoms with Crippen molar-refractivity contribution in [1.29, 1.82) is 0 Å².